The van der Waals surface area contributed by atoms with Crippen LogP contribution >= 0.6 is 15.9 Å². The molecule has 202 valence electrons. The molecule has 0 bridgehead atoms. The molecule has 5 rings (SSSR count). The number of hydrogen-bond donors (Lipinski definition) is 1. The van der Waals surface area contributed by atoms with Crippen molar-refractivity contribution in [2.75, 3.05) is 11.9 Å². The molecule has 7 heteroatoms. The van der Waals surface area contributed by atoms with Gasteiger partial charge in [-0.3, -0.25) is 9.36 Å². The van der Waals surface area contributed by atoms with Crippen LogP contribution in [-0.2, 0) is 13.0 Å². The maximum Gasteiger partial charge on any atom is 0.322 e. The van der Waals surface area contributed by atoms with Gasteiger partial charge in [0.25, 0.3) is 5.56 Å². The van der Waals surface area contributed by atoms with Crippen LogP contribution in [0.25, 0.3) is 10.9 Å². The zero-order valence-corrected chi connectivity index (χ0v) is 23.9. The number of hydrogen-bond acceptors (Lipinski definition) is 3. The molecule has 1 unspecified atom stereocenters. The number of amides is 2. The molecular weight excluding hydrogens is 564 g/mol. The molecule has 0 saturated heterocycles. The van der Waals surface area contributed by atoms with Crippen LogP contribution in [0.4, 0.5) is 10.5 Å². The molecule has 0 aliphatic carbocycles. The second-order valence-corrected chi connectivity index (χ2v) is 10.6. The SMILES string of the molecule is CCC(c1nc2ccccc2c(=O)n1Cc1ccccc1)N(CCc1ccccc1)C(=O)Nc1cccc(Br)c1. The first-order chi connectivity index (χ1) is 19.5. The lowest BCUT2D eigenvalue weighted by Crippen LogP contribution is -2.42. The Labute approximate surface area is 242 Å². The highest BCUT2D eigenvalue weighted by atomic mass is 79.9. The topological polar surface area (TPSA) is 67.2 Å². The summed E-state index contributed by atoms with van der Waals surface area (Å²) in [6, 6.07) is 34.2. The van der Waals surface area contributed by atoms with E-state index in [0.717, 1.165) is 15.6 Å². The summed E-state index contributed by atoms with van der Waals surface area (Å²) in [5.41, 5.74) is 3.32. The number of carbonyl (C=O) groups is 1. The van der Waals surface area contributed by atoms with Crippen molar-refractivity contribution in [3.05, 3.63) is 141 Å². The molecule has 0 spiro atoms. The molecule has 0 aliphatic rings. The molecule has 4 aromatic carbocycles. The third kappa shape index (κ3) is 6.32. The molecule has 6 nitrogen and oxygen atoms in total. The Morgan fingerprint density at radius 3 is 2.27 bits per heavy atom. The molecule has 0 aliphatic heterocycles. The number of anilines is 1. The molecule has 0 saturated carbocycles. The highest BCUT2D eigenvalue weighted by Gasteiger charge is 2.29. The van der Waals surface area contributed by atoms with E-state index in [9.17, 15) is 9.59 Å². The van der Waals surface area contributed by atoms with Crippen LogP contribution in [0.1, 0.15) is 36.3 Å². The Balaban J connectivity index is 1.59. The first-order valence-electron chi connectivity index (χ1n) is 13.4. The van der Waals surface area contributed by atoms with Crippen LogP contribution in [0, 0.1) is 0 Å². The van der Waals surface area contributed by atoms with Gasteiger partial charge in [-0.1, -0.05) is 102 Å². The maximum atomic E-state index is 13.9. The third-order valence-electron chi connectivity index (χ3n) is 6.96. The van der Waals surface area contributed by atoms with Crippen molar-refractivity contribution in [2.45, 2.75) is 32.4 Å². The zero-order chi connectivity index (χ0) is 27.9. The van der Waals surface area contributed by atoms with Gasteiger partial charge in [-0.05, 0) is 54.3 Å². The normalized spacial score (nSPS) is 11.8. The summed E-state index contributed by atoms with van der Waals surface area (Å²) in [6.45, 7) is 2.85. The summed E-state index contributed by atoms with van der Waals surface area (Å²) in [7, 11) is 0. The van der Waals surface area contributed by atoms with Crippen molar-refractivity contribution >= 4 is 38.6 Å². The second-order valence-electron chi connectivity index (χ2n) is 9.66. The fourth-order valence-electron chi connectivity index (χ4n) is 4.96. The highest BCUT2D eigenvalue weighted by Crippen LogP contribution is 2.26. The number of urea groups is 1. The fraction of sp³-hybridized carbons (Fsp3) is 0.182. The van der Waals surface area contributed by atoms with E-state index in [1.54, 1.807) is 4.57 Å². The van der Waals surface area contributed by atoms with Gasteiger partial charge in [0.1, 0.15) is 5.82 Å². The van der Waals surface area contributed by atoms with Gasteiger partial charge in [-0.15, -0.1) is 0 Å². The fourth-order valence-corrected chi connectivity index (χ4v) is 5.35. The number of nitrogens with zero attached hydrogens (tertiary/aromatic N) is 3. The summed E-state index contributed by atoms with van der Waals surface area (Å²) >= 11 is 3.49. The Kier molecular flexibility index (Phi) is 8.71. The first kappa shape index (κ1) is 27.3. The van der Waals surface area contributed by atoms with Gasteiger partial charge in [0.15, 0.2) is 0 Å². The van der Waals surface area contributed by atoms with Crippen molar-refractivity contribution in [3.8, 4) is 0 Å². The Morgan fingerprint density at radius 1 is 0.900 bits per heavy atom. The van der Waals surface area contributed by atoms with Gasteiger partial charge in [-0.25, -0.2) is 9.78 Å². The molecule has 2 amide bonds. The summed E-state index contributed by atoms with van der Waals surface area (Å²) in [5, 5.41) is 3.63. The van der Waals surface area contributed by atoms with Gasteiger partial charge < -0.3 is 10.2 Å². The molecule has 40 heavy (non-hydrogen) atoms. The highest BCUT2D eigenvalue weighted by molar-refractivity contribution is 9.10. The number of para-hydroxylation sites is 1. The number of carbonyl (C=O) groups excluding carboxylic acids is 1. The molecule has 0 radical (unpaired) electrons. The predicted molar refractivity (Wildman–Crippen MR) is 165 cm³/mol. The molecule has 1 atom stereocenters. The average Bonchev–Trinajstić information content (AvgIpc) is 2.98. The van der Waals surface area contributed by atoms with E-state index in [4.69, 9.17) is 4.98 Å². The lowest BCUT2D eigenvalue weighted by Gasteiger charge is -2.32. The largest absolute Gasteiger partial charge is 0.322 e. The minimum absolute atomic E-state index is 0.113. The van der Waals surface area contributed by atoms with E-state index in [1.165, 1.54) is 0 Å². The number of rotatable bonds is 9. The second kappa shape index (κ2) is 12.7. The lowest BCUT2D eigenvalue weighted by atomic mass is 10.1. The van der Waals surface area contributed by atoms with Crippen molar-refractivity contribution in [3.63, 3.8) is 0 Å². The summed E-state index contributed by atoms with van der Waals surface area (Å²) in [6.07, 6.45) is 1.25. The van der Waals surface area contributed by atoms with E-state index in [2.05, 4.69) is 33.4 Å². The monoisotopic (exact) mass is 594 g/mol. The van der Waals surface area contributed by atoms with Gasteiger partial charge in [0.2, 0.25) is 0 Å². The molecule has 1 N–H and O–H groups in total. The summed E-state index contributed by atoms with van der Waals surface area (Å²) in [4.78, 5) is 34.6. The molecule has 0 fully saturated rings. The standard InChI is InChI=1S/C33H31BrN4O2/c1-2-30(31-36-29-19-10-9-18-28(29)32(39)38(31)23-25-14-7-4-8-15-25)37(21-20-24-12-5-3-6-13-24)33(40)35-27-17-11-16-26(34)22-27/h3-19,22,30H,2,20-21,23H2,1H3,(H,35,40). The van der Waals surface area contributed by atoms with Gasteiger partial charge in [-0.2, -0.15) is 0 Å². The Hall–Kier alpha value is -4.23. The Bertz CT molecular complexity index is 1650. The van der Waals surface area contributed by atoms with E-state index in [0.29, 0.717) is 48.3 Å². The van der Waals surface area contributed by atoms with Crippen LogP contribution in [0.3, 0.4) is 0 Å². The average molecular weight is 596 g/mol. The molecule has 1 heterocycles. The molecular formula is C33H31BrN4O2. The van der Waals surface area contributed by atoms with Crippen LogP contribution in [0.15, 0.2) is 118 Å². The number of nitrogens with one attached hydrogen (secondary N) is 1. The predicted octanol–water partition coefficient (Wildman–Crippen LogP) is 7.44. The smallest absolute Gasteiger partial charge is 0.314 e. The van der Waals surface area contributed by atoms with Crippen molar-refractivity contribution < 1.29 is 4.79 Å². The summed E-state index contributed by atoms with van der Waals surface area (Å²) in [5.74, 6) is 0.576. The minimum Gasteiger partial charge on any atom is -0.314 e. The number of benzene rings is 4. The number of aromatic nitrogens is 2. The van der Waals surface area contributed by atoms with Crippen LogP contribution < -0.4 is 10.9 Å². The maximum absolute atomic E-state index is 13.9. The summed E-state index contributed by atoms with van der Waals surface area (Å²) < 4.78 is 2.61. The Morgan fingerprint density at radius 2 is 1.57 bits per heavy atom. The lowest BCUT2D eigenvalue weighted by molar-refractivity contribution is 0.181. The van der Waals surface area contributed by atoms with E-state index in [1.807, 2.05) is 109 Å². The quantitative estimate of drug-likeness (QED) is 0.193. The van der Waals surface area contributed by atoms with Crippen molar-refractivity contribution in [1.82, 2.24) is 14.5 Å². The first-order valence-corrected chi connectivity index (χ1v) is 14.2. The molecule has 1 aromatic heterocycles. The third-order valence-corrected chi connectivity index (χ3v) is 7.45. The minimum atomic E-state index is -0.433. The van der Waals surface area contributed by atoms with Crippen LogP contribution in [0.5, 0.6) is 0 Å². The van der Waals surface area contributed by atoms with Crippen molar-refractivity contribution in [1.29, 1.82) is 0 Å². The van der Waals surface area contributed by atoms with E-state index >= 15 is 0 Å². The van der Waals surface area contributed by atoms with Crippen LogP contribution in [-0.4, -0.2) is 27.0 Å². The number of fused-ring (bicyclic) bond motifs is 1. The van der Waals surface area contributed by atoms with E-state index in [-0.39, 0.29) is 11.6 Å². The van der Waals surface area contributed by atoms with Gasteiger partial charge in [0, 0.05) is 16.7 Å². The van der Waals surface area contributed by atoms with Crippen molar-refractivity contribution in [2.24, 2.45) is 0 Å². The zero-order valence-electron chi connectivity index (χ0n) is 22.3. The van der Waals surface area contributed by atoms with Crippen LogP contribution in [0.2, 0.25) is 0 Å². The van der Waals surface area contributed by atoms with Gasteiger partial charge in [0.05, 0.1) is 23.5 Å². The molecule has 5 aromatic rings. The van der Waals surface area contributed by atoms with E-state index < -0.39 is 6.04 Å². The van der Waals surface area contributed by atoms with Gasteiger partial charge >= 0.3 is 6.03 Å². The number of halogens is 1.